The maximum atomic E-state index is 11.6. The molecule has 0 spiro atoms. The Kier molecular flexibility index (Phi) is 2.97. The van der Waals surface area contributed by atoms with Gasteiger partial charge in [-0.15, -0.1) is 0 Å². The molecule has 1 aliphatic carbocycles. The Morgan fingerprint density at radius 3 is 2.50 bits per heavy atom. The van der Waals surface area contributed by atoms with E-state index in [2.05, 4.69) is 4.74 Å². The van der Waals surface area contributed by atoms with Crippen LogP contribution >= 0.6 is 0 Å². The fourth-order valence-corrected chi connectivity index (χ4v) is 0.984. The van der Waals surface area contributed by atoms with Gasteiger partial charge in [-0.2, -0.15) is 0 Å². The van der Waals surface area contributed by atoms with Crippen LogP contribution in [0.5, 0.6) is 0 Å². The fourth-order valence-electron chi connectivity index (χ4n) is 0.984. The first-order chi connectivity index (χ1) is 5.61. The van der Waals surface area contributed by atoms with Crippen molar-refractivity contribution in [2.24, 2.45) is 5.92 Å². The molecule has 0 aliphatic heterocycles. The minimum absolute atomic E-state index is 0.0544. The van der Waals surface area contributed by atoms with E-state index in [-0.39, 0.29) is 5.92 Å². The number of halogens is 2. The minimum atomic E-state index is -2.59. The number of hydrogen-bond donors (Lipinski definition) is 1. The molecule has 1 rings (SSSR count). The van der Waals surface area contributed by atoms with Crippen molar-refractivity contribution in [1.82, 2.24) is 0 Å². The summed E-state index contributed by atoms with van der Waals surface area (Å²) in [6.45, 7) is -0.784. The predicted octanol–water partition coefficient (Wildman–Crippen LogP) is 1.13. The van der Waals surface area contributed by atoms with Gasteiger partial charge in [-0.3, -0.25) is 0 Å². The summed E-state index contributed by atoms with van der Waals surface area (Å²) >= 11 is 0. The van der Waals surface area contributed by atoms with Crippen molar-refractivity contribution < 1.29 is 23.4 Å². The Morgan fingerprint density at radius 1 is 1.58 bits per heavy atom. The molecule has 5 heteroatoms. The second-order valence-corrected chi connectivity index (χ2v) is 2.82. The molecule has 0 heterocycles. The van der Waals surface area contributed by atoms with E-state index in [1.54, 1.807) is 0 Å². The zero-order valence-corrected chi connectivity index (χ0v) is 6.37. The van der Waals surface area contributed by atoms with E-state index >= 15 is 0 Å². The summed E-state index contributed by atoms with van der Waals surface area (Å²) in [6.07, 6.45) is -2.09. The lowest BCUT2D eigenvalue weighted by Crippen LogP contribution is -2.28. The molecule has 1 aliphatic rings. The molecule has 0 radical (unpaired) electrons. The van der Waals surface area contributed by atoms with Crippen LogP contribution in [0.4, 0.5) is 8.78 Å². The fraction of sp³-hybridized carbons (Fsp3) is 0.857. The molecule has 1 N–H and O–H groups in total. The molecule has 0 saturated heterocycles. The van der Waals surface area contributed by atoms with Gasteiger partial charge in [0.2, 0.25) is 0 Å². The maximum absolute atomic E-state index is 11.6. The van der Waals surface area contributed by atoms with Crippen LogP contribution < -0.4 is 0 Å². The van der Waals surface area contributed by atoms with E-state index in [9.17, 15) is 13.6 Å². The highest BCUT2D eigenvalue weighted by molar-refractivity contribution is 5.73. The van der Waals surface area contributed by atoms with Gasteiger partial charge in [0.25, 0.3) is 6.43 Å². The number of carbonyl (C=O) groups is 1. The molecular formula is C7H10F2O3. The summed E-state index contributed by atoms with van der Waals surface area (Å²) < 4.78 is 27.8. The van der Waals surface area contributed by atoms with Crippen LogP contribution in [0.25, 0.3) is 0 Å². The lowest BCUT2D eigenvalue weighted by Gasteiger charge is -2.11. The predicted molar refractivity (Wildman–Crippen MR) is 36.1 cm³/mol. The molecule has 0 aromatic rings. The first kappa shape index (κ1) is 9.38. The Hall–Kier alpha value is -0.710. The van der Waals surface area contributed by atoms with E-state index in [1.165, 1.54) is 0 Å². The summed E-state index contributed by atoms with van der Waals surface area (Å²) in [6, 6.07) is 0. The number of alkyl halides is 2. The third-order valence-electron chi connectivity index (χ3n) is 1.70. The topological polar surface area (TPSA) is 46.5 Å². The van der Waals surface area contributed by atoms with Crippen molar-refractivity contribution in [2.75, 3.05) is 6.61 Å². The monoisotopic (exact) mass is 180 g/mol. The van der Waals surface area contributed by atoms with Gasteiger partial charge in [0.05, 0.1) is 0 Å². The number of hydrogen-bond acceptors (Lipinski definition) is 2. The van der Waals surface area contributed by atoms with Gasteiger partial charge in [-0.05, 0) is 18.8 Å². The van der Waals surface area contributed by atoms with E-state index in [0.717, 1.165) is 12.8 Å². The van der Waals surface area contributed by atoms with Crippen LogP contribution in [0.15, 0.2) is 0 Å². The minimum Gasteiger partial charge on any atom is -0.479 e. The molecule has 1 atom stereocenters. The first-order valence-electron chi connectivity index (χ1n) is 3.74. The van der Waals surface area contributed by atoms with Gasteiger partial charge in [-0.1, -0.05) is 0 Å². The normalized spacial score (nSPS) is 19.6. The van der Waals surface area contributed by atoms with Crippen molar-refractivity contribution in [3.05, 3.63) is 0 Å². The highest BCUT2D eigenvalue weighted by atomic mass is 19.3. The lowest BCUT2D eigenvalue weighted by molar-refractivity contribution is -0.154. The third kappa shape index (κ3) is 2.73. The smallest absolute Gasteiger partial charge is 0.333 e. The van der Waals surface area contributed by atoms with Gasteiger partial charge >= 0.3 is 5.97 Å². The van der Waals surface area contributed by atoms with Gasteiger partial charge in [0.15, 0.2) is 6.10 Å². The lowest BCUT2D eigenvalue weighted by atomic mass is 10.2. The number of ether oxygens (including phenoxy) is 1. The second-order valence-electron chi connectivity index (χ2n) is 2.82. The molecule has 1 unspecified atom stereocenters. The van der Waals surface area contributed by atoms with Crippen molar-refractivity contribution in [1.29, 1.82) is 0 Å². The van der Waals surface area contributed by atoms with Gasteiger partial charge in [0, 0.05) is 0 Å². The average molecular weight is 180 g/mol. The zero-order valence-electron chi connectivity index (χ0n) is 6.37. The quantitative estimate of drug-likeness (QED) is 0.689. The van der Waals surface area contributed by atoms with E-state index in [0.29, 0.717) is 0 Å². The number of rotatable bonds is 5. The van der Waals surface area contributed by atoms with Crippen LogP contribution in [0, 0.1) is 5.92 Å². The van der Waals surface area contributed by atoms with E-state index in [1.807, 2.05) is 0 Å². The number of carboxylic acids is 1. The molecule has 70 valence electrons. The summed E-state index contributed by atoms with van der Waals surface area (Å²) in [4.78, 5) is 10.4. The summed E-state index contributed by atoms with van der Waals surface area (Å²) in [5.74, 6) is -1.20. The number of carboxylic acid groups (broad SMARTS) is 1. The van der Waals surface area contributed by atoms with Crippen LogP contribution in [0.1, 0.15) is 12.8 Å². The van der Waals surface area contributed by atoms with Crippen LogP contribution in [0.3, 0.4) is 0 Å². The Labute approximate surface area is 68.3 Å². The van der Waals surface area contributed by atoms with Crippen molar-refractivity contribution in [2.45, 2.75) is 25.4 Å². The maximum Gasteiger partial charge on any atom is 0.333 e. The summed E-state index contributed by atoms with van der Waals surface area (Å²) in [7, 11) is 0. The Morgan fingerprint density at radius 2 is 2.17 bits per heavy atom. The molecule has 1 fully saturated rings. The molecule has 12 heavy (non-hydrogen) atoms. The molecule has 0 aromatic heterocycles. The van der Waals surface area contributed by atoms with Crippen LogP contribution in [-0.2, 0) is 9.53 Å². The van der Waals surface area contributed by atoms with Crippen LogP contribution in [-0.4, -0.2) is 30.2 Å². The molecule has 0 bridgehead atoms. The second kappa shape index (κ2) is 3.80. The molecule has 1 saturated carbocycles. The Balaban J connectivity index is 2.28. The van der Waals surface area contributed by atoms with E-state index < -0.39 is 25.1 Å². The molecular weight excluding hydrogens is 170 g/mol. The summed E-state index contributed by atoms with van der Waals surface area (Å²) in [5, 5.41) is 8.53. The molecule has 0 amide bonds. The van der Waals surface area contributed by atoms with E-state index in [4.69, 9.17) is 5.11 Å². The number of aliphatic carboxylic acids is 1. The van der Waals surface area contributed by atoms with Crippen LogP contribution in [0.2, 0.25) is 0 Å². The largest absolute Gasteiger partial charge is 0.479 e. The highest BCUT2D eigenvalue weighted by Gasteiger charge is 2.37. The molecule has 3 nitrogen and oxygen atoms in total. The SMILES string of the molecule is O=C(O)C(OCC(F)F)C1CC1. The van der Waals surface area contributed by atoms with Gasteiger partial charge in [-0.25, -0.2) is 13.6 Å². The summed E-state index contributed by atoms with van der Waals surface area (Å²) in [5.41, 5.74) is 0. The average Bonchev–Trinajstić information content (AvgIpc) is 2.69. The van der Waals surface area contributed by atoms with Crippen molar-refractivity contribution >= 4 is 5.97 Å². The van der Waals surface area contributed by atoms with Gasteiger partial charge in [0.1, 0.15) is 6.61 Å². The van der Waals surface area contributed by atoms with Crippen molar-refractivity contribution in [3.63, 3.8) is 0 Å². The zero-order chi connectivity index (χ0) is 9.14. The van der Waals surface area contributed by atoms with Gasteiger partial charge < -0.3 is 9.84 Å². The third-order valence-corrected chi connectivity index (χ3v) is 1.70. The molecule has 0 aromatic carbocycles. The Bertz CT molecular complexity index is 168. The first-order valence-corrected chi connectivity index (χ1v) is 3.74. The van der Waals surface area contributed by atoms with Crippen molar-refractivity contribution in [3.8, 4) is 0 Å². The highest BCUT2D eigenvalue weighted by Crippen LogP contribution is 2.34. The standard InChI is InChI=1S/C7H10F2O3/c8-5(9)3-12-6(7(10)11)4-1-2-4/h4-6H,1-3H2,(H,10,11).